The highest BCUT2D eigenvalue weighted by atomic mass is 32.3. The first-order valence-corrected chi connectivity index (χ1v) is 5.33. The van der Waals surface area contributed by atoms with E-state index in [4.69, 9.17) is 0 Å². The second-order valence-electron chi connectivity index (χ2n) is 1.88. The zero-order chi connectivity index (χ0) is 10.2. The molecule has 0 rings (SSSR count). The molecule has 0 bridgehead atoms. The first-order valence-electron chi connectivity index (χ1n) is 2.54. The van der Waals surface area contributed by atoms with Crippen LogP contribution in [0.2, 0.25) is 0 Å². The molecular formula is C3H5F3O4S2. The number of thiol groups is 1. The molecule has 0 aliphatic rings. The van der Waals surface area contributed by atoms with Crippen molar-refractivity contribution in [2.24, 2.45) is 0 Å². The van der Waals surface area contributed by atoms with Crippen molar-refractivity contribution in [1.29, 1.82) is 0 Å². The van der Waals surface area contributed by atoms with Gasteiger partial charge in [-0.15, -0.1) is 0 Å². The topological polar surface area (TPSA) is 68.3 Å². The lowest BCUT2D eigenvalue weighted by Gasteiger charge is -2.09. The van der Waals surface area contributed by atoms with Crippen molar-refractivity contribution in [2.45, 2.75) is 17.0 Å². The second-order valence-corrected chi connectivity index (χ2v) is 5.83. The highest BCUT2D eigenvalue weighted by molar-refractivity contribution is 8.02. The van der Waals surface area contributed by atoms with Gasteiger partial charge in [-0.05, 0) is 6.92 Å². The van der Waals surface area contributed by atoms with Crippen molar-refractivity contribution < 1.29 is 30.0 Å². The lowest BCUT2D eigenvalue weighted by Crippen LogP contribution is -2.33. The summed E-state index contributed by atoms with van der Waals surface area (Å²) in [5.41, 5.74) is -5.51. The van der Waals surface area contributed by atoms with E-state index in [2.05, 4.69) is 0 Å². The summed E-state index contributed by atoms with van der Waals surface area (Å²) in [5.74, 6) is 0. The minimum Gasteiger partial charge on any atom is -0.231 e. The zero-order valence-corrected chi connectivity index (χ0v) is 7.41. The van der Waals surface area contributed by atoms with Crippen LogP contribution < -0.4 is 0 Å². The Bertz CT molecular complexity index is 316. The number of alkyl halides is 3. The van der Waals surface area contributed by atoms with E-state index >= 15 is 0 Å². The standard InChI is InChI=1S/C3H5F3O4S2/c1-2(11(7)8)12(9,10)3(4,5)6/h2,11H,1H3. The van der Waals surface area contributed by atoms with Gasteiger partial charge < -0.3 is 0 Å². The van der Waals surface area contributed by atoms with Gasteiger partial charge in [0.1, 0.15) is 0 Å². The number of hydrogen-bond donors (Lipinski definition) is 1. The number of rotatable bonds is 2. The normalized spacial score (nSPS) is 16.4. The average molecular weight is 226 g/mol. The highest BCUT2D eigenvalue weighted by Gasteiger charge is 2.50. The van der Waals surface area contributed by atoms with Gasteiger partial charge in [-0.3, -0.25) is 0 Å². The average Bonchev–Trinajstić information content (AvgIpc) is 1.83. The van der Waals surface area contributed by atoms with Gasteiger partial charge in [0.2, 0.25) is 0 Å². The zero-order valence-electron chi connectivity index (χ0n) is 5.70. The molecule has 0 fully saturated rings. The van der Waals surface area contributed by atoms with Crippen LogP contribution in [-0.2, 0) is 20.5 Å². The Morgan fingerprint density at radius 1 is 1.25 bits per heavy atom. The Kier molecular flexibility index (Phi) is 3.12. The lowest BCUT2D eigenvalue weighted by atomic mass is 11.0. The lowest BCUT2D eigenvalue weighted by molar-refractivity contribution is -0.0437. The molecule has 0 spiro atoms. The van der Waals surface area contributed by atoms with E-state index in [-0.39, 0.29) is 0 Å². The van der Waals surface area contributed by atoms with Crippen molar-refractivity contribution in [3.05, 3.63) is 0 Å². The first-order chi connectivity index (χ1) is 5.10. The van der Waals surface area contributed by atoms with E-state index in [9.17, 15) is 30.0 Å². The molecule has 0 aromatic rings. The molecule has 0 aliphatic heterocycles. The van der Waals surface area contributed by atoms with Crippen LogP contribution in [0.1, 0.15) is 6.92 Å². The smallest absolute Gasteiger partial charge is 0.231 e. The van der Waals surface area contributed by atoms with Crippen LogP contribution >= 0.6 is 0 Å². The molecule has 74 valence electrons. The maximum Gasteiger partial charge on any atom is 0.498 e. The Morgan fingerprint density at radius 2 is 1.58 bits per heavy atom. The molecule has 0 aromatic heterocycles. The second kappa shape index (κ2) is 3.21. The molecule has 9 heteroatoms. The fraction of sp³-hybridized carbons (Fsp3) is 1.00. The van der Waals surface area contributed by atoms with Crippen molar-refractivity contribution in [2.75, 3.05) is 0 Å². The van der Waals surface area contributed by atoms with Crippen LogP contribution in [0.5, 0.6) is 0 Å². The van der Waals surface area contributed by atoms with Crippen molar-refractivity contribution in [3.8, 4) is 0 Å². The van der Waals surface area contributed by atoms with Gasteiger partial charge in [0.15, 0.2) is 15.3 Å². The van der Waals surface area contributed by atoms with Crippen LogP contribution in [0, 0.1) is 0 Å². The van der Waals surface area contributed by atoms with Crippen LogP contribution in [0.3, 0.4) is 0 Å². The maximum atomic E-state index is 11.6. The van der Waals surface area contributed by atoms with Gasteiger partial charge in [0, 0.05) is 0 Å². The summed E-state index contributed by atoms with van der Waals surface area (Å²) in [7, 11) is -9.19. The van der Waals surface area contributed by atoms with Crippen LogP contribution in [0.25, 0.3) is 0 Å². The summed E-state index contributed by atoms with van der Waals surface area (Å²) in [5, 5.41) is 0. The van der Waals surface area contributed by atoms with E-state index in [0.29, 0.717) is 6.92 Å². The van der Waals surface area contributed by atoms with E-state index in [1.807, 2.05) is 0 Å². The van der Waals surface area contributed by atoms with Gasteiger partial charge in [-0.2, -0.15) is 13.2 Å². The fourth-order valence-electron chi connectivity index (χ4n) is 0.307. The molecule has 12 heavy (non-hydrogen) atoms. The monoisotopic (exact) mass is 226 g/mol. The van der Waals surface area contributed by atoms with E-state index in [0.717, 1.165) is 0 Å². The molecule has 4 nitrogen and oxygen atoms in total. The van der Waals surface area contributed by atoms with Gasteiger partial charge in [-0.1, -0.05) is 0 Å². The third-order valence-corrected chi connectivity index (χ3v) is 4.55. The predicted octanol–water partition coefficient (Wildman–Crippen LogP) is -0.122. The maximum absolute atomic E-state index is 11.6. The third kappa shape index (κ3) is 2.09. The summed E-state index contributed by atoms with van der Waals surface area (Å²) in [6, 6.07) is 0. The minimum absolute atomic E-state index is 0.467. The van der Waals surface area contributed by atoms with E-state index in [1.165, 1.54) is 0 Å². The van der Waals surface area contributed by atoms with Gasteiger partial charge >= 0.3 is 5.51 Å². The van der Waals surface area contributed by atoms with Gasteiger partial charge in [0.05, 0.1) is 0 Å². The molecule has 1 atom stereocenters. The Morgan fingerprint density at radius 3 is 1.67 bits per heavy atom. The molecule has 0 heterocycles. The van der Waals surface area contributed by atoms with E-state index < -0.39 is 30.6 Å². The van der Waals surface area contributed by atoms with Crippen LogP contribution in [0.4, 0.5) is 13.2 Å². The Hall–Kier alpha value is -0.310. The van der Waals surface area contributed by atoms with Gasteiger partial charge in [-0.25, -0.2) is 16.8 Å². The van der Waals surface area contributed by atoms with Crippen LogP contribution in [-0.4, -0.2) is 26.9 Å². The van der Waals surface area contributed by atoms with Crippen molar-refractivity contribution in [3.63, 3.8) is 0 Å². The molecule has 0 saturated heterocycles. The first kappa shape index (κ1) is 11.7. The van der Waals surface area contributed by atoms with Crippen molar-refractivity contribution in [1.82, 2.24) is 0 Å². The van der Waals surface area contributed by atoms with Crippen LogP contribution in [0.15, 0.2) is 0 Å². The Balaban J connectivity index is 5.16. The highest BCUT2D eigenvalue weighted by Crippen LogP contribution is 2.27. The molecular weight excluding hydrogens is 221 g/mol. The summed E-state index contributed by atoms with van der Waals surface area (Å²) in [4.78, 5) is 0. The molecule has 0 amide bonds. The third-order valence-electron chi connectivity index (χ3n) is 1.07. The SMILES string of the molecule is CC([SH](=O)=O)S(=O)(=O)C(F)(F)F. The Labute approximate surface area is 68.2 Å². The largest absolute Gasteiger partial charge is 0.498 e. The predicted molar refractivity (Wildman–Crippen MR) is 34.8 cm³/mol. The quantitative estimate of drug-likeness (QED) is 0.666. The molecule has 1 unspecified atom stereocenters. The molecule has 0 aromatic carbocycles. The van der Waals surface area contributed by atoms with Crippen molar-refractivity contribution >= 4 is 20.5 Å². The fourth-order valence-corrected chi connectivity index (χ4v) is 1.96. The summed E-state index contributed by atoms with van der Waals surface area (Å²) >= 11 is 0. The minimum atomic E-state index is -5.57. The molecule has 0 radical (unpaired) electrons. The van der Waals surface area contributed by atoms with E-state index in [1.54, 1.807) is 0 Å². The summed E-state index contributed by atoms with van der Waals surface area (Å²) < 4.78 is 72.8. The number of halogens is 3. The molecule has 0 N–H and O–H groups in total. The summed E-state index contributed by atoms with van der Waals surface area (Å²) in [6.07, 6.45) is 0. The number of hydrogen-bond acceptors (Lipinski definition) is 4. The van der Waals surface area contributed by atoms with Gasteiger partial charge in [0.25, 0.3) is 9.84 Å². The number of sulfone groups is 1. The molecule has 0 saturated carbocycles. The molecule has 0 aliphatic carbocycles. The summed E-state index contributed by atoms with van der Waals surface area (Å²) in [6.45, 7) is 0.467.